The zero-order chi connectivity index (χ0) is 16.9. The van der Waals surface area contributed by atoms with Crippen LogP contribution >= 0.6 is 0 Å². The van der Waals surface area contributed by atoms with Crippen LogP contribution in [0, 0.1) is 0 Å². The van der Waals surface area contributed by atoms with Crippen LogP contribution in [0.5, 0.6) is 11.5 Å². The smallest absolute Gasteiger partial charge is 0.223 e. The quantitative estimate of drug-likeness (QED) is 0.843. The molecular weight excluding hydrogens is 302 g/mol. The van der Waals surface area contributed by atoms with E-state index >= 15 is 0 Å². The van der Waals surface area contributed by atoms with Crippen LogP contribution in [0.4, 0.5) is 0 Å². The van der Waals surface area contributed by atoms with E-state index in [1.54, 1.807) is 7.11 Å². The average Bonchev–Trinajstić information content (AvgIpc) is 2.65. The normalized spacial score (nSPS) is 16.0. The third-order valence-electron chi connectivity index (χ3n) is 4.57. The van der Waals surface area contributed by atoms with Gasteiger partial charge in [-0.05, 0) is 30.2 Å². The van der Waals surface area contributed by atoms with E-state index in [2.05, 4.69) is 0 Å². The summed E-state index contributed by atoms with van der Waals surface area (Å²) in [4.78, 5) is 14.5. The summed E-state index contributed by atoms with van der Waals surface area (Å²) in [5.74, 6) is 1.89. The Morgan fingerprint density at radius 3 is 2.71 bits per heavy atom. The fourth-order valence-corrected chi connectivity index (χ4v) is 3.12. The highest BCUT2D eigenvalue weighted by Gasteiger charge is 2.27. The highest BCUT2D eigenvalue weighted by Crippen LogP contribution is 2.35. The first-order chi connectivity index (χ1) is 11.7. The molecule has 0 N–H and O–H groups in total. The molecule has 0 aliphatic carbocycles. The summed E-state index contributed by atoms with van der Waals surface area (Å²) in [7, 11) is 3.54. The van der Waals surface area contributed by atoms with E-state index in [1.165, 1.54) is 0 Å². The Morgan fingerprint density at radius 1 is 1.21 bits per heavy atom. The van der Waals surface area contributed by atoms with Gasteiger partial charge in [0.05, 0.1) is 19.8 Å². The number of hydrogen-bond donors (Lipinski definition) is 0. The predicted octanol–water partition coefficient (Wildman–Crippen LogP) is 3.61. The van der Waals surface area contributed by atoms with Gasteiger partial charge in [0, 0.05) is 25.5 Å². The van der Waals surface area contributed by atoms with E-state index in [1.807, 2.05) is 60.5 Å². The van der Waals surface area contributed by atoms with Crippen molar-refractivity contribution in [1.82, 2.24) is 4.90 Å². The molecule has 1 amide bonds. The van der Waals surface area contributed by atoms with Gasteiger partial charge >= 0.3 is 0 Å². The summed E-state index contributed by atoms with van der Waals surface area (Å²) in [6, 6.07) is 16.0. The van der Waals surface area contributed by atoms with Crippen molar-refractivity contribution in [2.75, 3.05) is 20.8 Å². The van der Waals surface area contributed by atoms with Gasteiger partial charge in [0.15, 0.2) is 0 Å². The van der Waals surface area contributed by atoms with Gasteiger partial charge in [0.2, 0.25) is 5.91 Å². The molecule has 1 heterocycles. The lowest BCUT2D eigenvalue weighted by Gasteiger charge is -2.33. The van der Waals surface area contributed by atoms with Crippen molar-refractivity contribution >= 4 is 5.91 Å². The second-order valence-electron chi connectivity index (χ2n) is 6.04. The van der Waals surface area contributed by atoms with Crippen molar-refractivity contribution in [2.45, 2.75) is 25.3 Å². The van der Waals surface area contributed by atoms with Crippen LogP contribution < -0.4 is 9.47 Å². The van der Waals surface area contributed by atoms with Gasteiger partial charge in [-0.15, -0.1) is 0 Å². The maximum atomic E-state index is 12.6. The lowest BCUT2D eigenvalue weighted by Crippen LogP contribution is -2.34. The molecule has 1 aliphatic heterocycles. The Labute approximate surface area is 143 Å². The van der Waals surface area contributed by atoms with Gasteiger partial charge in [-0.1, -0.05) is 30.3 Å². The van der Waals surface area contributed by atoms with Gasteiger partial charge in [0.25, 0.3) is 0 Å². The summed E-state index contributed by atoms with van der Waals surface area (Å²) in [5, 5.41) is 0. The fraction of sp³-hybridized carbons (Fsp3) is 0.350. The number of carbonyl (C=O) groups is 1. The van der Waals surface area contributed by atoms with E-state index < -0.39 is 0 Å². The Hall–Kier alpha value is -2.49. The number of nitrogens with zero attached hydrogens (tertiary/aromatic N) is 1. The molecule has 4 heteroatoms. The Balaban J connectivity index is 1.62. The van der Waals surface area contributed by atoms with Crippen molar-refractivity contribution in [3.8, 4) is 11.5 Å². The minimum atomic E-state index is 0.0957. The summed E-state index contributed by atoms with van der Waals surface area (Å²) < 4.78 is 10.8. The number of hydrogen-bond acceptors (Lipinski definition) is 3. The summed E-state index contributed by atoms with van der Waals surface area (Å²) in [6.07, 6.45) is 2.07. The predicted molar refractivity (Wildman–Crippen MR) is 93.4 cm³/mol. The van der Waals surface area contributed by atoms with Crippen molar-refractivity contribution in [3.63, 3.8) is 0 Å². The van der Waals surface area contributed by atoms with Gasteiger partial charge in [0.1, 0.15) is 11.5 Å². The Bertz CT molecular complexity index is 696. The molecule has 2 aromatic carbocycles. The van der Waals surface area contributed by atoms with Crippen LogP contribution in [-0.2, 0) is 11.2 Å². The molecular formula is C20H23NO3. The standard InChI is InChI=1S/C20H23NO3/c1-21(18-13-14-24-19-6-4-3-5-17(18)19)20(22)12-9-15-7-10-16(23-2)11-8-15/h3-8,10-11,18H,9,12-14H2,1-2H3. The molecule has 1 unspecified atom stereocenters. The minimum absolute atomic E-state index is 0.0957. The van der Waals surface area contributed by atoms with Crippen molar-refractivity contribution in [2.24, 2.45) is 0 Å². The zero-order valence-electron chi connectivity index (χ0n) is 14.2. The van der Waals surface area contributed by atoms with E-state index in [9.17, 15) is 4.79 Å². The van der Waals surface area contributed by atoms with Crippen LogP contribution in [0.25, 0.3) is 0 Å². The molecule has 0 bridgehead atoms. The monoisotopic (exact) mass is 325 g/mol. The van der Waals surface area contributed by atoms with Crippen LogP contribution in [0.1, 0.15) is 30.0 Å². The van der Waals surface area contributed by atoms with Crippen LogP contribution in [-0.4, -0.2) is 31.6 Å². The topological polar surface area (TPSA) is 38.8 Å². The van der Waals surface area contributed by atoms with Crippen molar-refractivity contribution in [3.05, 3.63) is 59.7 Å². The minimum Gasteiger partial charge on any atom is -0.497 e. The van der Waals surface area contributed by atoms with E-state index in [4.69, 9.17) is 9.47 Å². The molecule has 2 aromatic rings. The second kappa shape index (κ2) is 7.39. The molecule has 0 spiro atoms. The maximum Gasteiger partial charge on any atom is 0.223 e. The van der Waals surface area contributed by atoms with Gasteiger partial charge in [-0.25, -0.2) is 0 Å². The van der Waals surface area contributed by atoms with Gasteiger partial charge < -0.3 is 14.4 Å². The number of para-hydroxylation sites is 1. The first-order valence-corrected chi connectivity index (χ1v) is 8.29. The number of ether oxygens (including phenoxy) is 2. The number of amides is 1. The van der Waals surface area contributed by atoms with E-state index in [-0.39, 0.29) is 11.9 Å². The van der Waals surface area contributed by atoms with Gasteiger partial charge in [-0.2, -0.15) is 0 Å². The van der Waals surface area contributed by atoms with Crippen molar-refractivity contribution in [1.29, 1.82) is 0 Å². The molecule has 4 nitrogen and oxygen atoms in total. The lowest BCUT2D eigenvalue weighted by molar-refractivity contribution is -0.132. The maximum absolute atomic E-state index is 12.6. The Morgan fingerprint density at radius 2 is 1.96 bits per heavy atom. The molecule has 1 atom stereocenters. The number of fused-ring (bicyclic) bond motifs is 1. The lowest BCUT2D eigenvalue weighted by atomic mass is 9.98. The summed E-state index contributed by atoms with van der Waals surface area (Å²) in [6.45, 7) is 0.651. The first-order valence-electron chi connectivity index (χ1n) is 8.29. The molecule has 126 valence electrons. The third kappa shape index (κ3) is 3.53. The second-order valence-corrected chi connectivity index (χ2v) is 6.04. The number of benzene rings is 2. The first kappa shape index (κ1) is 16.4. The Kier molecular flexibility index (Phi) is 5.04. The number of methoxy groups -OCH3 is 1. The number of carbonyl (C=O) groups excluding carboxylic acids is 1. The van der Waals surface area contributed by atoms with Crippen LogP contribution in [0.2, 0.25) is 0 Å². The molecule has 1 aliphatic rings. The molecule has 0 aromatic heterocycles. The molecule has 24 heavy (non-hydrogen) atoms. The SMILES string of the molecule is COc1ccc(CCC(=O)N(C)C2CCOc3ccccc32)cc1. The van der Waals surface area contributed by atoms with Crippen LogP contribution in [0.3, 0.4) is 0 Å². The summed E-state index contributed by atoms with van der Waals surface area (Å²) >= 11 is 0. The molecule has 3 rings (SSSR count). The van der Waals surface area contributed by atoms with E-state index in [0.29, 0.717) is 13.0 Å². The zero-order valence-corrected chi connectivity index (χ0v) is 14.2. The average molecular weight is 325 g/mol. The highest BCUT2D eigenvalue weighted by molar-refractivity contribution is 5.77. The largest absolute Gasteiger partial charge is 0.497 e. The van der Waals surface area contributed by atoms with Crippen LogP contribution in [0.15, 0.2) is 48.5 Å². The molecule has 0 fully saturated rings. The fourth-order valence-electron chi connectivity index (χ4n) is 3.12. The van der Waals surface area contributed by atoms with Gasteiger partial charge in [-0.3, -0.25) is 4.79 Å². The molecule has 0 radical (unpaired) electrons. The number of rotatable bonds is 5. The molecule has 0 saturated heterocycles. The number of aryl methyl sites for hydroxylation is 1. The van der Waals surface area contributed by atoms with Crippen molar-refractivity contribution < 1.29 is 14.3 Å². The molecule has 0 saturated carbocycles. The highest BCUT2D eigenvalue weighted by atomic mass is 16.5. The summed E-state index contributed by atoms with van der Waals surface area (Å²) in [5.41, 5.74) is 2.24. The third-order valence-corrected chi connectivity index (χ3v) is 4.57. The van der Waals surface area contributed by atoms with E-state index in [0.717, 1.165) is 35.5 Å².